The van der Waals surface area contributed by atoms with Gasteiger partial charge in [-0.15, -0.1) is 0 Å². The Morgan fingerprint density at radius 1 is 1.33 bits per heavy atom. The Kier molecular flexibility index (Phi) is 4.82. The fraction of sp³-hybridized carbons (Fsp3) is 0.214. The summed E-state index contributed by atoms with van der Waals surface area (Å²) < 4.78 is 1.15. The zero-order chi connectivity index (χ0) is 13.1. The monoisotopic (exact) mass is 387 g/mol. The highest BCUT2D eigenvalue weighted by Gasteiger charge is 2.14. The molecule has 1 aromatic heterocycles. The third-order valence-corrected chi connectivity index (χ3v) is 5.06. The van der Waals surface area contributed by atoms with Crippen molar-refractivity contribution in [3.63, 3.8) is 0 Å². The van der Waals surface area contributed by atoms with Crippen LogP contribution in [-0.2, 0) is 6.42 Å². The third kappa shape index (κ3) is 3.14. The molecule has 0 radical (unpaired) electrons. The van der Waals surface area contributed by atoms with Crippen LogP contribution in [0.5, 0.6) is 0 Å². The predicted octanol–water partition coefficient (Wildman–Crippen LogP) is 5.48. The van der Waals surface area contributed by atoms with Crippen LogP contribution in [0.4, 0.5) is 0 Å². The average molecular weight is 390 g/mol. The van der Waals surface area contributed by atoms with Crippen LogP contribution in [0.15, 0.2) is 41.1 Å². The van der Waals surface area contributed by atoms with Crippen molar-refractivity contribution in [2.75, 3.05) is 0 Å². The Hall–Kier alpha value is -0.380. The van der Waals surface area contributed by atoms with Gasteiger partial charge >= 0.3 is 0 Å². The summed E-state index contributed by atoms with van der Waals surface area (Å²) in [5.41, 5.74) is 3.57. The number of hydrogen-bond acceptors (Lipinski definition) is 1. The average Bonchev–Trinajstić information content (AvgIpc) is 2.35. The fourth-order valence-corrected chi connectivity index (χ4v) is 3.56. The molecule has 0 saturated carbocycles. The van der Waals surface area contributed by atoms with E-state index in [1.807, 2.05) is 6.07 Å². The molecule has 94 valence electrons. The van der Waals surface area contributed by atoms with E-state index in [1.165, 1.54) is 11.1 Å². The standard InChI is InChI=1S/C14H12Br2ClN/c1-9-3-2-4-11(14(9)16)12(15)7-10-5-6-18-8-13(10)17/h2-6,8,12H,7H2,1H3. The molecule has 0 saturated heterocycles. The number of nitrogens with zero attached hydrogens (tertiary/aromatic N) is 1. The van der Waals surface area contributed by atoms with Crippen molar-refractivity contribution in [3.8, 4) is 0 Å². The van der Waals surface area contributed by atoms with Gasteiger partial charge in [-0.1, -0.05) is 61.7 Å². The number of pyridine rings is 1. The largest absolute Gasteiger partial charge is 0.263 e. The molecule has 0 spiro atoms. The first kappa shape index (κ1) is 14.0. The second-order valence-electron chi connectivity index (χ2n) is 4.12. The molecule has 1 unspecified atom stereocenters. The van der Waals surface area contributed by atoms with Gasteiger partial charge < -0.3 is 0 Å². The molecule has 2 aromatic rings. The quantitative estimate of drug-likeness (QED) is 0.633. The maximum atomic E-state index is 6.13. The molecule has 1 atom stereocenters. The van der Waals surface area contributed by atoms with E-state index in [1.54, 1.807) is 12.4 Å². The van der Waals surface area contributed by atoms with E-state index in [0.717, 1.165) is 16.5 Å². The SMILES string of the molecule is Cc1cccc(C(Br)Cc2ccncc2Cl)c1Br. The van der Waals surface area contributed by atoms with Crippen molar-refractivity contribution in [1.29, 1.82) is 0 Å². The molecule has 0 aliphatic heterocycles. The van der Waals surface area contributed by atoms with Crippen molar-refractivity contribution in [2.45, 2.75) is 18.2 Å². The van der Waals surface area contributed by atoms with Crippen LogP contribution < -0.4 is 0 Å². The van der Waals surface area contributed by atoms with E-state index >= 15 is 0 Å². The fourth-order valence-electron chi connectivity index (χ4n) is 1.78. The van der Waals surface area contributed by atoms with Crippen LogP contribution in [-0.4, -0.2) is 4.98 Å². The van der Waals surface area contributed by atoms with E-state index in [9.17, 15) is 0 Å². The number of rotatable bonds is 3. The predicted molar refractivity (Wildman–Crippen MR) is 83.5 cm³/mol. The van der Waals surface area contributed by atoms with E-state index in [-0.39, 0.29) is 4.83 Å². The minimum absolute atomic E-state index is 0.228. The van der Waals surface area contributed by atoms with Gasteiger partial charge in [0.25, 0.3) is 0 Å². The first-order valence-corrected chi connectivity index (χ1v) is 7.65. The number of alkyl halides is 1. The molecule has 2 rings (SSSR count). The topological polar surface area (TPSA) is 12.9 Å². The van der Waals surface area contributed by atoms with Gasteiger partial charge in [0.2, 0.25) is 0 Å². The van der Waals surface area contributed by atoms with Gasteiger partial charge in [-0.05, 0) is 36.1 Å². The van der Waals surface area contributed by atoms with Crippen molar-refractivity contribution >= 4 is 43.5 Å². The Morgan fingerprint density at radius 3 is 2.83 bits per heavy atom. The summed E-state index contributed by atoms with van der Waals surface area (Å²) in [6.45, 7) is 2.09. The summed E-state index contributed by atoms with van der Waals surface area (Å²) in [6, 6.07) is 8.23. The van der Waals surface area contributed by atoms with Crippen LogP contribution in [0, 0.1) is 6.92 Å². The summed E-state index contributed by atoms with van der Waals surface area (Å²) in [6.07, 6.45) is 4.29. The highest BCUT2D eigenvalue weighted by atomic mass is 79.9. The Morgan fingerprint density at radius 2 is 2.11 bits per heavy atom. The van der Waals surface area contributed by atoms with Crippen molar-refractivity contribution in [3.05, 3.63) is 62.8 Å². The molecular weight excluding hydrogens is 377 g/mol. The summed E-state index contributed by atoms with van der Waals surface area (Å²) in [4.78, 5) is 4.23. The van der Waals surface area contributed by atoms with Crippen LogP contribution >= 0.6 is 43.5 Å². The molecule has 0 aliphatic carbocycles. The van der Waals surface area contributed by atoms with Gasteiger partial charge in [-0.25, -0.2) is 0 Å². The van der Waals surface area contributed by atoms with Crippen LogP contribution in [0.25, 0.3) is 0 Å². The Balaban J connectivity index is 2.25. The van der Waals surface area contributed by atoms with Crippen LogP contribution in [0.2, 0.25) is 5.02 Å². The Bertz CT molecular complexity index is 557. The molecule has 0 amide bonds. The highest BCUT2D eigenvalue weighted by molar-refractivity contribution is 9.11. The molecule has 0 fully saturated rings. The lowest BCUT2D eigenvalue weighted by Gasteiger charge is -2.14. The minimum atomic E-state index is 0.228. The number of benzene rings is 1. The summed E-state index contributed by atoms with van der Waals surface area (Å²) in [7, 11) is 0. The lowest BCUT2D eigenvalue weighted by atomic mass is 10.0. The number of halogens is 3. The van der Waals surface area contributed by atoms with Gasteiger partial charge in [0.15, 0.2) is 0 Å². The second-order valence-corrected chi connectivity index (χ2v) is 6.42. The molecule has 0 aliphatic rings. The Labute approximate surface area is 129 Å². The molecule has 1 aromatic carbocycles. The summed E-state index contributed by atoms with van der Waals surface area (Å²) in [5, 5.41) is 0.714. The zero-order valence-electron chi connectivity index (χ0n) is 9.83. The molecule has 1 nitrogen and oxygen atoms in total. The molecule has 4 heteroatoms. The summed E-state index contributed by atoms with van der Waals surface area (Å²) >= 11 is 13.5. The molecule has 18 heavy (non-hydrogen) atoms. The smallest absolute Gasteiger partial charge is 0.0621 e. The normalized spacial score (nSPS) is 12.4. The molecule has 1 heterocycles. The first-order chi connectivity index (χ1) is 8.59. The molecular formula is C14H12Br2ClN. The number of aryl methyl sites for hydroxylation is 1. The first-order valence-electron chi connectivity index (χ1n) is 5.57. The molecule has 0 bridgehead atoms. The third-order valence-electron chi connectivity index (χ3n) is 2.81. The van der Waals surface area contributed by atoms with Gasteiger partial charge in [-0.3, -0.25) is 4.98 Å². The van der Waals surface area contributed by atoms with Crippen molar-refractivity contribution in [1.82, 2.24) is 4.98 Å². The van der Waals surface area contributed by atoms with Gasteiger partial charge in [0.05, 0.1) is 5.02 Å². The minimum Gasteiger partial charge on any atom is -0.263 e. The van der Waals surface area contributed by atoms with Crippen molar-refractivity contribution in [2.24, 2.45) is 0 Å². The van der Waals surface area contributed by atoms with E-state index in [2.05, 4.69) is 62.0 Å². The molecule has 0 N–H and O–H groups in total. The van der Waals surface area contributed by atoms with Crippen molar-refractivity contribution < 1.29 is 0 Å². The van der Waals surface area contributed by atoms with E-state index < -0.39 is 0 Å². The zero-order valence-corrected chi connectivity index (χ0v) is 13.8. The van der Waals surface area contributed by atoms with Crippen LogP contribution in [0.1, 0.15) is 21.5 Å². The number of hydrogen-bond donors (Lipinski definition) is 0. The van der Waals surface area contributed by atoms with Gasteiger partial charge in [0, 0.05) is 21.7 Å². The maximum Gasteiger partial charge on any atom is 0.0621 e. The lowest BCUT2D eigenvalue weighted by molar-refractivity contribution is 0.936. The van der Waals surface area contributed by atoms with Gasteiger partial charge in [0.1, 0.15) is 0 Å². The summed E-state index contributed by atoms with van der Waals surface area (Å²) in [5.74, 6) is 0. The lowest BCUT2D eigenvalue weighted by Crippen LogP contribution is -1.98. The number of aromatic nitrogens is 1. The van der Waals surface area contributed by atoms with Crippen LogP contribution in [0.3, 0.4) is 0 Å². The maximum absolute atomic E-state index is 6.13. The second kappa shape index (κ2) is 6.18. The van der Waals surface area contributed by atoms with E-state index in [0.29, 0.717) is 5.02 Å². The van der Waals surface area contributed by atoms with Gasteiger partial charge in [-0.2, -0.15) is 0 Å². The van der Waals surface area contributed by atoms with E-state index in [4.69, 9.17) is 11.6 Å². The highest BCUT2D eigenvalue weighted by Crippen LogP contribution is 2.35.